The second-order valence-corrected chi connectivity index (χ2v) is 5.42. The van der Waals surface area contributed by atoms with E-state index in [1.165, 1.54) is 11.3 Å². The van der Waals surface area contributed by atoms with Crippen molar-refractivity contribution in [1.82, 2.24) is 4.98 Å². The Morgan fingerprint density at radius 2 is 2.25 bits per heavy atom. The topological polar surface area (TPSA) is 72.8 Å². The molecule has 0 aliphatic carbocycles. The first-order chi connectivity index (χ1) is 11.7. The summed E-state index contributed by atoms with van der Waals surface area (Å²) in [5.41, 5.74) is 4.39. The van der Waals surface area contributed by atoms with Gasteiger partial charge in [0.2, 0.25) is 5.13 Å². The van der Waals surface area contributed by atoms with Gasteiger partial charge in [0.1, 0.15) is 12.4 Å². The van der Waals surface area contributed by atoms with Gasteiger partial charge in [-0.1, -0.05) is 5.92 Å². The van der Waals surface area contributed by atoms with E-state index in [9.17, 15) is 4.79 Å². The van der Waals surface area contributed by atoms with E-state index in [2.05, 4.69) is 21.4 Å². The summed E-state index contributed by atoms with van der Waals surface area (Å²) in [5.74, 6) is 2.83. The number of hydrazone groups is 1. The van der Waals surface area contributed by atoms with Crippen LogP contribution in [0.3, 0.4) is 0 Å². The molecule has 0 atom stereocenters. The van der Waals surface area contributed by atoms with Crippen LogP contribution in [0.5, 0.6) is 5.75 Å². The summed E-state index contributed by atoms with van der Waals surface area (Å²) in [6, 6.07) is 7.37. The van der Waals surface area contributed by atoms with E-state index in [1.807, 2.05) is 24.3 Å². The molecule has 0 aliphatic heterocycles. The van der Waals surface area contributed by atoms with Crippen LogP contribution in [0, 0.1) is 12.3 Å². The number of benzene rings is 1. The maximum Gasteiger partial charge on any atom is 0.311 e. The molecule has 1 heterocycles. The fraction of sp³-hybridized carbons (Fsp3) is 0.235. The molecule has 0 radical (unpaired) electrons. The number of ether oxygens (including phenoxy) is 2. The van der Waals surface area contributed by atoms with Crippen LogP contribution in [0.4, 0.5) is 5.13 Å². The second-order valence-electron chi connectivity index (χ2n) is 4.56. The van der Waals surface area contributed by atoms with E-state index < -0.39 is 0 Å². The number of nitrogens with zero attached hydrogens (tertiary/aromatic N) is 2. The van der Waals surface area contributed by atoms with Crippen LogP contribution in [-0.2, 0) is 16.0 Å². The molecule has 2 rings (SSSR count). The maximum absolute atomic E-state index is 11.4. The Kier molecular flexibility index (Phi) is 6.80. The smallest absolute Gasteiger partial charge is 0.311 e. The number of thiazole rings is 1. The van der Waals surface area contributed by atoms with Gasteiger partial charge in [0.25, 0.3) is 0 Å². The SMILES string of the molecule is C#CCOc1ccc(C=NNc2nc(CC(=O)OCC)cs2)cc1. The Labute approximate surface area is 144 Å². The van der Waals surface area contributed by atoms with Crippen molar-refractivity contribution in [2.75, 3.05) is 18.6 Å². The highest BCUT2D eigenvalue weighted by molar-refractivity contribution is 7.13. The van der Waals surface area contributed by atoms with Gasteiger partial charge in [-0.2, -0.15) is 5.10 Å². The van der Waals surface area contributed by atoms with E-state index in [-0.39, 0.29) is 19.0 Å². The second kappa shape index (κ2) is 9.33. The molecule has 0 amide bonds. The molecule has 0 unspecified atom stereocenters. The molecule has 124 valence electrons. The van der Waals surface area contributed by atoms with Gasteiger partial charge in [-0.25, -0.2) is 4.98 Å². The molecule has 1 aromatic heterocycles. The van der Waals surface area contributed by atoms with Crippen LogP contribution in [-0.4, -0.2) is 30.4 Å². The standard InChI is InChI=1S/C17H17N3O3S/c1-3-9-23-15-7-5-13(6-8-15)11-18-20-17-19-14(12-24-17)10-16(21)22-4-2/h1,5-8,11-12H,4,9-10H2,2H3,(H,19,20). The van der Waals surface area contributed by atoms with Gasteiger partial charge < -0.3 is 9.47 Å². The lowest BCUT2D eigenvalue weighted by Crippen LogP contribution is -2.07. The quantitative estimate of drug-likeness (QED) is 0.345. The van der Waals surface area contributed by atoms with Gasteiger partial charge in [-0.15, -0.1) is 17.8 Å². The summed E-state index contributed by atoms with van der Waals surface area (Å²) in [7, 11) is 0. The van der Waals surface area contributed by atoms with Gasteiger partial charge in [0, 0.05) is 5.38 Å². The van der Waals surface area contributed by atoms with Crippen LogP contribution in [0.15, 0.2) is 34.7 Å². The molecule has 0 saturated heterocycles. The predicted molar refractivity (Wildman–Crippen MR) is 94.4 cm³/mol. The molecule has 7 heteroatoms. The number of hydrogen-bond acceptors (Lipinski definition) is 7. The molecule has 0 bridgehead atoms. The summed E-state index contributed by atoms with van der Waals surface area (Å²) in [5, 5.41) is 6.52. The Morgan fingerprint density at radius 1 is 1.46 bits per heavy atom. The van der Waals surface area contributed by atoms with E-state index in [4.69, 9.17) is 15.9 Å². The van der Waals surface area contributed by atoms with Crippen molar-refractivity contribution in [2.45, 2.75) is 13.3 Å². The van der Waals surface area contributed by atoms with Crippen molar-refractivity contribution in [3.63, 3.8) is 0 Å². The zero-order valence-corrected chi connectivity index (χ0v) is 14.0. The maximum atomic E-state index is 11.4. The molecular formula is C17H17N3O3S. The van der Waals surface area contributed by atoms with Crippen LogP contribution < -0.4 is 10.2 Å². The molecule has 6 nitrogen and oxygen atoms in total. The highest BCUT2D eigenvalue weighted by Crippen LogP contribution is 2.16. The average molecular weight is 343 g/mol. The van der Waals surface area contributed by atoms with Crippen LogP contribution in [0.25, 0.3) is 0 Å². The third-order valence-corrected chi connectivity index (χ3v) is 3.55. The minimum Gasteiger partial charge on any atom is -0.481 e. The zero-order chi connectivity index (χ0) is 17.2. The van der Waals surface area contributed by atoms with Gasteiger partial charge >= 0.3 is 5.97 Å². The normalized spacial score (nSPS) is 10.3. The average Bonchev–Trinajstić information content (AvgIpc) is 3.01. The summed E-state index contributed by atoms with van der Waals surface area (Å²) >= 11 is 1.37. The van der Waals surface area contributed by atoms with E-state index in [0.717, 1.165) is 5.56 Å². The van der Waals surface area contributed by atoms with Crippen molar-refractivity contribution < 1.29 is 14.3 Å². The molecular weight excluding hydrogens is 326 g/mol. The summed E-state index contributed by atoms with van der Waals surface area (Å²) in [4.78, 5) is 15.7. The Balaban J connectivity index is 1.84. The van der Waals surface area contributed by atoms with E-state index >= 15 is 0 Å². The first kappa shape index (κ1) is 17.5. The lowest BCUT2D eigenvalue weighted by molar-refractivity contribution is -0.142. The number of terminal acetylenes is 1. The molecule has 0 saturated carbocycles. The van der Waals surface area contributed by atoms with E-state index in [0.29, 0.717) is 23.2 Å². The van der Waals surface area contributed by atoms with Crippen LogP contribution >= 0.6 is 11.3 Å². The molecule has 0 spiro atoms. The van der Waals surface area contributed by atoms with Crippen LogP contribution in [0.1, 0.15) is 18.2 Å². The largest absolute Gasteiger partial charge is 0.481 e. The summed E-state index contributed by atoms with van der Waals surface area (Å²) < 4.78 is 10.2. The van der Waals surface area contributed by atoms with Crippen LogP contribution in [0.2, 0.25) is 0 Å². The lowest BCUT2D eigenvalue weighted by atomic mass is 10.2. The summed E-state index contributed by atoms with van der Waals surface area (Å²) in [6.07, 6.45) is 6.96. The fourth-order valence-electron chi connectivity index (χ4n) is 1.74. The minimum atomic E-state index is -0.287. The third-order valence-electron chi connectivity index (χ3n) is 2.76. The number of anilines is 1. The first-order valence-corrected chi connectivity index (χ1v) is 8.14. The first-order valence-electron chi connectivity index (χ1n) is 7.26. The van der Waals surface area contributed by atoms with Gasteiger partial charge in [-0.05, 0) is 36.8 Å². The Bertz CT molecular complexity index is 732. The number of carbonyl (C=O) groups is 1. The zero-order valence-electron chi connectivity index (χ0n) is 13.2. The number of carbonyl (C=O) groups excluding carboxylic acids is 1. The molecule has 24 heavy (non-hydrogen) atoms. The summed E-state index contributed by atoms with van der Waals surface area (Å²) in [6.45, 7) is 2.38. The predicted octanol–water partition coefficient (Wildman–Crippen LogP) is 2.71. The number of hydrogen-bond donors (Lipinski definition) is 1. The Morgan fingerprint density at radius 3 is 2.96 bits per heavy atom. The molecule has 0 fully saturated rings. The van der Waals surface area contributed by atoms with Crippen molar-refractivity contribution in [1.29, 1.82) is 0 Å². The van der Waals surface area contributed by atoms with E-state index in [1.54, 1.807) is 18.5 Å². The van der Waals surface area contributed by atoms with Crippen molar-refractivity contribution >= 4 is 28.7 Å². The Hall–Kier alpha value is -2.85. The minimum absolute atomic E-state index is 0.162. The monoisotopic (exact) mass is 343 g/mol. The molecule has 0 aliphatic rings. The van der Waals surface area contributed by atoms with Gasteiger partial charge in [-0.3, -0.25) is 10.2 Å². The van der Waals surface area contributed by atoms with Crippen molar-refractivity contribution in [3.8, 4) is 18.1 Å². The van der Waals surface area contributed by atoms with Crippen molar-refractivity contribution in [2.24, 2.45) is 5.10 Å². The fourth-order valence-corrected chi connectivity index (χ4v) is 2.40. The number of esters is 1. The van der Waals surface area contributed by atoms with Crippen molar-refractivity contribution in [3.05, 3.63) is 40.9 Å². The number of rotatable bonds is 8. The molecule has 1 N–H and O–H groups in total. The number of aromatic nitrogens is 1. The lowest BCUT2D eigenvalue weighted by Gasteiger charge is -2.01. The molecule has 1 aromatic carbocycles. The molecule has 2 aromatic rings. The van der Waals surface area contributed by atoms with Gasteiger partial charge in [0.15, 0.2) is 0 Å². The highest BCUT2D eigenvalue weighted by Gasteiger charge is 2.07. The number of nitrogens with one attached hydrogen (secondary N) is 1. The van der Waals surface area contributed by atoms with Gasteiger partial charge in [0.05, 0.1) is 24.9 Å². The highest BCUT2D eigenvalue weighted by atomic mass is 32.1. The third kappa shape index (κ3) is 5.74.